The maximum atomic E-state index is 8.63. The standard InChI is InChI=1S/C14H30O3/c1-16-14(17-2)12-10-8-6-4-3-5-7-9-11-13-15/h14-15H,3-13H2,1-2H3. The molecule has 0 saturated heterocycles. The number of aliphatic hydroxyl groups is 1. The van der Waals surface area contributed by atoms with Gasteiger partial charge in [0.25, 0.3) is 0 Å². The van der Waals surface area contributed by atoms with Gasteiger partial charge in [0.2, 0.25) is 0 Å². The summed E-state index contributed by atoms with van der Waals surface area (Å²) < 4.78 is 10.3. The summed E-state index contributed by atoms with van der Waals surface area (Å²) in [4.78, 5) is 0. The molecule has 0 atom stereocenters. The second-order valence-corrected chi connectivity index (χ2v) is 4.60. The molecule has 0 heterocycles. The zero-order valence-corrected chi connectivity index (χ0v) is 11.6. The first-order chi connectivity index (χ1) is 8.35. The number of hydrogen-bond donors (Lipinski definition) is 1. The van der Waals surface area contributed by atoms with Crippen molar-refractivity contribution in [2.75, 3.05) is 20.8 Å². The molecule has 0 bridgehead atoms. The van der Waals surface area contributed by atoms with Gasteiger partial charge in [0, 0.05) is 20.8 Å². The predicted molar refractivity (Wildman–Crippen MR) is 71.1 cm³/mol. The Kier molecular flexibility index (Phi) is 13.8. The topological polar surface area (TPSA) is 38.7 Å². The molecule has 3 heteroatoms. The molecule has 0 unspecified atom stereocenters. The van der Waals surface area contributed by atoms with E-state index in [0.29, 0.717) is 6.61 Å². The van der Waals surface area contributed by atoms with Gasteiger partial charge in [-0.15, -0.1) is 0 Å². The van der Waals surface area contributed by atoms with Gasteiger partial charge in [-0.25, -0.2) is 0 Å². The summed E-state index contributed by atoms with van der Waals surface area (Å²) in [6.07, 6.45) is 12.2. The highest BCUT2D eigenvalue weighted by molar-refractivity contribution is 4.49. The molecule has 0 rings (SSSR count). The van der Waals surface area contributed by atoms with Crippen LogP contribution >= 0.6 is 0 Å². The Morgan fingerprint density at radius 2 is 1.12 bits per heavy atom. The fourth-order valence-electron chi connectivity index (χ4n) is 1.99. The summed E-state index contributed by atoms with van der Waals surface area (Å²) in [5.74, 6) is 0. The summed E-state index contributed by atoms with van der Waals surface area (Å²) in [6.45, 7) is 0.347. The van der Waals surface area contributed by atoms with Crippen LogP contribution in [0.1, 0.15) is 64.2 Å². The third-order valence-corrected chi connectivity index (χ3v) is 3.12. The summed E-state index contributed by atoms with van der Waals surface area (Å²) in [5.41, 5.74) is 0. The lowest BCUT2D eigenvalue weighted by Crippen LogP contribution is -2.12. The van der Waals surface area contributed by atoms with E-state index in [-0.39, 0.29) is 6.29 Å². The second-order valence-electron chi connectivity index (χ2n) is 4.60. The smallest absolute Gasteiger partial charge is 0.156 e. The highest BCUT2D eigenvalue weighted by Gasteiger charge is 2.03. The zero-order valence-electron chi connectivity index (χ0n) is 11.6. The highest BCUT2D eigenvalue weighted by Crippen LogP contribution is 2.12. The molecule has 0 aromatic heterocycles. The van der Waals surface area contributed by atoms with E-state index in [1.807, 2.05) is 0 Å². The molecule has 0 aromatic rings. The molecular weight excluding hydrogens is 216 g/mol. The first-order valence-corrected chi connectivity index (χ1v) is 7.01. The van der Waals surface area contributed by atoms with E-state index in [2.05, 4.69) is 0 Å². The average Bonchev–Trinajstić information content (AvgIpc) is 2.36. The molecule has 0 aliphatic heterocycles. The number of unbranched alkanes of at least 4 members (excludes halogenated alkanes) is 8. The summed E-state index contributed by atoms with van der Waals surface area (Å²) >= 11 is 0. The summed E-state index contributed by atoms with van der Waals surface area (Å²) in [7, 11) is 3.39. The Morgan fingerprint density at radius 3 is 1.53 bits per heavy atom. The van der Waals surface area contributed by atoms with Gasteiger partial charge in [-0.3, -0.25) is 0 Å². The molecule has 0 aromatic carbocycles. The maximum absolute atomic E-state index is 8.63. The van der Waals surface area contributed by atoms with Gasteiger partial charge in [0.05, 0.1) is 0 Å². The van der Waals surface area contributed by atoms with Gasteiger partial charge in [0.1, 0.15) is 0 Å². The first kappa shape index (κ1) is 16.9. The SMILES string of the molecule is COC(CCCCCCCCCCCO)OC. The molecule has 0 amide bonds. The third kappa shape index (κ3) is 12.1. The monoisotopic (exact) mass is 246 g/mol. The molecule has 3 nitrogen and oxygen atoms in total. The summed E-state index contributed by atoms with van der Waals surface area (Å²) in [6, 6.07) is 0. The average molecular weight is 246 g/mol. The van der Waals surface area contributed by atoms with Crippen molar-refractivity contribution in [3.63, 3.8) is 0 Å². The van der Waals surface area contributed by atoms with Crippen molar-refractivity contribution in [2.24, 2.45) is 0 Å². The Labute approximate surface area is 107 Å². The van der Waals surface area contributed by atoms with Crippen molar-refractivity contribution in [1.29, 1.82) is 0 Å². The van der Waals surface area contributed by atoms with Gasteiger partial charge in [0.15, 0.2) is 6.29 Å². The van der Waals surface area contributed by atoms with Crippen molar-refractivity contribution in [3.05, 3.63) is 0 Å². The first-order valence-electron chi connectivity index (χ1n) is 7.01. The van der Waals surface area contributed by atoms with Gasteiger partial charge >= 0.3 is 0 Å². The minimum Gasteiger partial charge on any atom is -0.396 e. The van der Waals surface area contributed by atoms with Crippen LogP contribution in [-0.4, -0.2) is 32.2 Å². The van der Waals surface area contributed by atoms with Crippen molar-refractivity contribution in [3.8, 4) is 0 Å². The minimum atomic E-state index is -0.0199. The van der Waals surface area contributed by atoms with Crippen LogP contribution in [0, 0.1) is 0 Å². The zero-order chi connectivity index (χ0) is 12.8. The third-order valence-electron chi connectivity index (χ3n) is 3.12. The van der Waals surface area contributed by atoms with Crippen molar-refractivity contribution in [2.45, 2.75) is 70.5 Å². The summed E-state index contributed by atoms with van der Waals surface area (Å²) in [5, 5.41) is 8.63. The predicted octanol–water partition coefficient (Wildman–Crippen LogP) is 3.50. The lowest BCUT2D eigenvalue weighted by Gasteiger charge is -2.12. The number of methoxy groups -OCH3 is 2. The maximum Gasteiger partial charge on any atom is 0.156 e. The Morgan fingerprint density at radius 1 is 0.706 bits per heavy atom. The van der Waals surface area contributed by atoms with Crippen LogP contribution in [0.2, 0.25) is 0 Å². The largest absolute Gasteiger partial charge is 0.396 e. The van der Waals surface area contributed by atoms with Gasteiger partial charge < -0.3 is 14.6 Å². The molecule has 0 saturated carbocycles. The molecular formula is C14H30O3. The lowest BCUT2D eigenvalue weighted by molar-refractivity contribution is -0.107. The van der Waals surface area contributed by atoms with Crippen LogP contribution in [0.3, 0.4) is 0 Å². The van der Waals surface area contributed by atoms with Gasteiger partial charge in [-0.05, 0) is 19.3 Å². The molecule has 0 aliphatic rings. The van der Waals surface area contributed by atoms with Crippen LogP contribution in [0.25, 0.3) is 0 Å². The van der Waals surface area contributed by atoms with E-state index < -0.39 is 0 Å². The van der Waals surface area contributed by atoms with Gasteiger partial charge in [-0.2, -0.15) is 0 Å². The van der Waals surface area contributed by atoms with Crippen LogP contribution < -0.4 is 0 Å². The lowest BCUT2D eigenvalue weighted by atomic mass is 10.1. The fourth-order valence-corrected chi connectivity index (χ4v) is 1.99. The molecule has 0 radical (unpaired) electrons. The van der Waals surface area contributed by atoms with Crippen LogP contribution in [0.5, 0.6) is 0 Å². The molecule has 0 spiro atoms. The van der Waals surface area contributed by atoms with E-state index in [9.17, 15) is 0 Å². The van der Waals surface area contributed by atoms with Crippen molar-refractivity contribution in [1.82, 2.24) is 0 Å². The van der Waals surface area contributed by atoms with E-state index in [4.69, 9.17) is 14.6 Å². The highest BCUT2D eigenvalue weighted by atomic mass is 16.7. The van der Waals surface area contributed by atoms with Crippen LogP contribution in [-0.2, 0) is 9.47 Å². The minimum absolute atomic E-state index is 0.0199. The van der Waals surface area contributed by atoms with E-state index in [0.717, 1.165) is 12.8 Å². The van der Waals surface area contributed by atoms with E-state index in [1.54, 1.807) is 14.2 Å². The van der Waals surface area contributed by atoms with Gasteiger partial charge in [-0.1, -0.05) is 44.9 Å². The number of hydrogen-bond acceptors (Lipinski definition) is 3. The molecule has 17 heavy (non-hydrogen) atoms. The normalized spacial score (nSPS) is 11.3. The van der Waals surface area contributed by atoms with E-state index in [1.165, 1.54) is 51.4 Å². The van der Waals surface area contributed by atoms with Crippen LogP contribution in [0.4, 0.5) is 0 Å². The fraction of sp³-hybridized carbons (Fsp3) is 1.00. The Bertz CT molecular complexity index is 135. The quantitative estimate of drug-likeness (QED) is 0.399. The Hall–Kier alpha value is -0.120. The molecule has 104 valence electrons. The number of rotatable bonds is 13. The number of ether oxygens (including phenoxy) is 2. The number of aliphatic hydroxyl groups excluding tert-OH is 1. The molecule has 1 N–H and O–H groups in total. The second kappa shape index (κ2) is 13.9. The van der Waals surface area contributed by atoms with Crippen molar-refractivity contribution < 1.29 is 14.6 Å². The van der Waals surface area contributed by atoms with Crippen molar-refractivity contribution >= 4 is 0 Å². The Balaban J connectivity index is 3.03. The molecule has 0 fully saturated rings. The van der Waals surface area contributed by atoms with E-state index >= 15 is 0 Å². The molecule has 0 aliphatic carbocycles. The van der Waals surface area contributed by atoms with Crippen LogP contribution in [0.15, 0.2) is 0 Å².